The lowest BCUT2D eigenvalue weighted by atomic mass is 10.0. The molecule has 0 aromatic carbocycles. The quantitative estimate of drug-likeness (QED) is 0.671. The lowest BCUT2D eigenvalue weighted by Crippen LogP contribution is -2.52. The van der Waals surface area contributed by atoms with E-state index in [0.717, 1.165) is 0 Å². The van der Waals surface area contributed by atoms with Crippen molar-refractivity contribution in [3.63, 3.8) is 0 Å². The molecule has 0 bridgehead atoms. The maximum atomic E-state index is 13.3. The number of carbonyl (C=O) groups is 4. The van der Waals surface area contributed by atoms with Gasteiger partial charge in [0.2, 0.25) is 11.8 Å². The summed E-state index contributed by atoms with van der Waals surface area (Å²) >= 11 is 0. The molecule has 4 amide bonds. The smallest absolute Gasteiger partial charge is 0.410 e. The van der Waals surface area contributed by atoms with Crippen LogP contribution in [0.2, 0.25) is 0 Å². The molecule has 2 fully saturated rings. The van der Waals surface area contributed by atoms with Crippen molar-refractivity contribution < 1.29 is 23.9 Å². The minimum absolute atomic E-state index is 0.0533. The molecule has 3 aliphatic rings. The standard InChI is InChI=1S/C23H30N4O6/c1-13-11-26(14-7-9-25(10-8-14)22(32)33-23(2,3)4)20(30)15-12-27(21(31)18(13)15)16-5-6-17(28)24-19(16)29/h11,14,16H,5-10,12H2,1-4H3,(H,24,28,29). The fourth-order valence-corrected chi connectivity index (χ4v) is 4.82. The summed E-state index contributed by atoms with van der Waals surface area (Å²) in [5.74, 6) is -1.20. The predicted octanol–water partition coefficient (Wildman–Crippen LogP) is 1.49. The van der Waals surface area contributed by atoms with Crippen molar-refractivity contribution in [1.82, 2.24) is 19.7 Å². The molecule has 0 aliphatic carbocycles. The van der Waals surface area contributed by atoms with E-state index in [4.69, 9.17) is 4.74 Å². The lowest BCUT2D eigenvalue weighted by molar-refractivity contribution is -0.136. The molecule has 1 aromatic heterocycles. The van der Waals surface area contributed by atoms with Crippen molar-refractivity contribution in [3.8, 4) is 0 Å². The van der Waals surface area contributed by atoms with Gasteiger partial charge in [-0.3, -0.25) is 24.5 Å². The van der Waals surface area contributed by atoms with Crippen LogP contribution in [-0.4, -0.2) is 62.9 Å². The third kappa shape index (κ3) is 4.38. The van der Waals surface area contributed by atoms with Crippen molar-refractivity contribution in [1.29, 1.82) is 0 Å². The number of piperidine rings is 2. The summed E-state index contributed by atoms with van der Waals surface area (Å²) in [6.07, 6.45) is 2.96. The van der Waals surface area contributed by atoms with Crippen molar-refractivity contribution in [2.24, 2.45) is 0 Å². The Bertz CT molecular complexity index is 1080. The average molecular weight is 459 g/mol. The number of carbonyl (C=O) groups excluding carboxylic acids is 4. The SMILES string of the molecule is Cc1cn(C2CCN(C(=O)OC(C)(C)C)CC2)c(=O)c2c1C(=O)N(C1CCC(=O)NC1=O)C2. The number of aromatic nitrogens is 1. The van der Waals surface area contributed by atoms with Crippen molar-refractivity contribution in [2.75, 3.05) is 13.1 Å². The second kappa shape index (κ2) is 8.31. The molecular formula is C23H30N4O6. The number of nitrogens with zero attached hydrogens (tertiary/aromatic N) is 3. The van der Waals surface area contributed by atoms with Gasteiger partial charge in [-0.05, 0) is 52.5 Å². The molecule has 3 aliphatic heterocycles. The van der Waals surface area contributed by atoms with Gasteiger partial charge >= 0.3 is 6.09 Å². The molecule has 33 heavy (non-hydrogen) atoms. The molecule has 4 heterocycles. The fourth-order valence-electron chi connectivity index (χ4n) is 4.82. The van der Waals surface area contributed by atoms with Crippen LogP contribution in [0.25, 0.3) is 0 Å². The van der Waals surface area contributed by atoms with Crippen LogP contribution in [0.5, 0.6) is 0 Å². The van der Waals surface area contributed by atoms with Gasteiger partial charge in [0.1, 0.15) is 11.6 Å². The number of amides is 4. The molecule has 178 valence electrons. The van der Waals surface area contributed by atoms with E-state index in [0.29, 0.717) is 42.6 Å². The van der Waals surface area contributed by atoms with E-state index in [1.54, 1.807) is 22.6 Å². The van der Waals surface area contributed by atoms with Gasteiger partial charge in [0, 0.05) is 37.3 Å². The van der Waals surface area contributed by atoms with Crippen molar-refractivity contribution in [2.45, 2.75) is 77.6 Å². The van der Waals surface area contributed by atoms with E-state index in [1.807, 2.05) is 20.8 Å². The summed E-state index contributed by atoms with van der Waals surface area (Å²) < 4.78 is 7.11. The lowest BCUT2D eigenvalue weighted by Gasteiger charge is -2.34. The largest absolute Gasteiger partial charge is 0.444 e. The number of nitrogens with one attached hydrogen (secondary N) is 1. The molecule has 10 heteroatoms. The molecule has 1 N–H and O–H groups in total. The first-order valence-corrected chi connectivity index (χ1v) is 11.3. The Morgan fingerprint density at radius 1 is 1.09 bits per heavy atom. The highest BCUT2D eigenvalue weighted by Gasteiger charge is 2.41. The zero-order valence-corrected chi connectivity index (χ0v) is 19.5. The molecule has 1 atom stereocenters. The molecular weight excluding hydrogens is 428 g/mol. The summed E-state index contributed by atoms with van der Waals surface area (Å²) in [5, 5.41) is 2.28. The van der Waals surface area contributed by atoms with E-state index < -0.39 is 17.6 Å². The van der Waals surface area contributed by atoms with Gasteiger partial charge in [0.15, 0.2) is 0 Å². The molecule has 4 rings (SSSR count). The summed E-state index contributed by atoms with van der Waals surface area (Å²) in [4.78, 5) is 65.6. The van der Waals surface area contributed by atoms with Gasteiger partial charge in [0.25, 0.3) is 11.5 Å². The molecule has 10 nitrogen and oxygen atoms in total. The normalized spacial score (nSPS) is 21.8. The topological polar surface area (TPSA) is 118 Å². The molecule has 0 radical (unpaired) electrons. The Labute approximate surface area is 191 Å². The maximum Gasteiger partial charge on any atom is 0.410 e. The van der Waals surface area contributed by atoms with Crippen LogP contribution in [0.1, 0.15) is 74.0 Å². The zero-order chi connectivity index (χ0) is 24.1. The summed E-state index contributed by atoms with van der Waals surface area (Å²) in [5.41, 5.74) is 0.614. The maximum absolute atomic E-state index is 13.3. The second-order valence-corrected chi connectivity index (χ2v) is 9.98. The number of ether oxygens (including phenoxy) is 1. The van der Waals surface area contributed by atoms with Crippen LogP contribution in [0, 0.1) is 6.92 Å². The highest BCUT2D eigenvalue weighted by Crippen LogP contribution is 2.30. The van der Waals surface area contributed by atoms with Gasteiger partial charge < -0.3 is 19.1 Å². The number of hydrogen-bond donors (Lipinski definition) is 1. The van der Waals surface area contributed by atoms with Crippen LogP contribution >= 0.6 is 0 Å². The second-order valence-electron chi connectivity index (χ2n) is 9.98. The Morgan fingerprint density at radius 2 is 1.76 bits per heavy atom. The number of hydrogen-bond acceptors (Lipinski definition) is 6. The molecule has 2 saturated heterocycles. The summed E-state index contributed by atoms with van der Waals surface area (Å²) in [7, 11) is 0. The Hall–Kier alpha value is -3.17. The van der Waals surface area contributed by atoms with E-state index in [1.165, 1.54) is 4.90 Å². The monoisotopic (exact) mass is 458 g/mol. The zero-order valence-electron chi connectivity index (χ0n) is 19.5. The minimum atomic E-state index is -0.757. The van der Waals surface area contributed by atoms with Crippen molar-refractivity contribution >= 4 is 23.8 Å². The van der Waals surface area contributed by atoms with Gasteiger partial charge in [-0.25, -0.2) is 4.79 Å². The highest BCUT2D eigenvalue weighted by atomic mass is 16.6. The van der Waals surface area contributed by atoms with Crippen molar-refractivity contribution in [3.05, 3.63) is 33.2 Å². The minimum Gasteiger partial charge on any atom is -0.444 e. The number of fused-ring (bicyclic) bond motifs is 1. The van der Waals surface area contributed by atoms with Gasteiger partial charge in [-0.2, -0.15) is 0 Å². The van der Waals surface area contributed by atoms with Gasteiger partial charge in [-0.15, -0.1) is 0 Å². The first-order chi connectivity index (χ1) is 15.5. The first-order valence-electron chi connectivity index (χ1n) is 11.3. The van der Waals surface area contributed by atoms with E-state index in [-0.39, 0.29) is 48.9 Å². The molecule has 1 unspecified atom stereocenters. The molecule has 0 spiro atoms. The van der Waals surface area contributed by atoms with E-state index in [9.17, 15) is 24.0 Å². The third-order valence-electron chi connectivity index (χ3n) is 6.42. The van der Waals surface area contributed by atoms with E-state index in [2.05, 4.69) is 5.32 Å². The number of imide groups is 1. The van der Waals surface area contributed by atoms with Crippen LogP contribution in [-0.2, 0) is 20.9 Å². The highest BCUT2D eigenvalue weighted by molar-refractivity contribution is 6.05. The Kier molecular flexibility index (Phi) is 5.79. The Balaban J connectivity index is 1.52. The van der Waals surface area contributed by atoms with Crippen LogP contribution in [0.4, 0.5) is 4.79 Å². The fraction of sp³-hybridized carbons (Fsp3) is 0.609. The number of rotatable bonds is 2. The number of likely N-dealkylation sites (tertiary alicyclic amines) is 1. The van der Waals surface area contributed by atoms with Gasteiger partial charge in [0.05, 0.1) is 12.1 Å². The predicted molar refractivity (Wildman–Crippen MR) is 118 cm³/mol. The average Bonchev–Trinajstić information content (AvgIpc) is 3.07. The van der Waals surface area contributed by atoms with Gasteiger partial charge in [-0.1, -0.05) is 0 Å². The third-order valence-corrected chi connectivity index (χ3v) is 6.42. The summed E-state index contributed by atoms with van der Waals surface area (Å²) in [6.45, 7) is 8.26. The Morgan fingerprint density at radius 3 is 2.36 bits per heavy atom. The van der Waals surface area contributed by atoms with Crippen LogP contribution in [0.3, 0.4) is 0 Å². The number of aryl methyl sites for hydroxylation is 1. The first kappa shape index (κ1) is 23.0. The summed E-state index contributed by atoms with van der Waals surface area (Å²) in [6, 6.07) is -0.855. The van der Waals surface area contributed by atoms with E-state index >= 15 is 0 Å². The van der Waals surface area contributed by atoms with Crippen LogP contribution < -0.4 is 10.9 Å². The molecule has 1 aromatic rings. The number of pyridine rings is 1. The van der Waals surface area contributed by atoms with Crippen LogP contribution in [0.15, 0.2) is 11.0 Å². The molecule has 0 saturated carbocycles.